The number of carbonyl (C=O) groups is 1. The summed E-state index contributed by atoms with van der Waals surface area (Å²) in [4.78, 5) is 14.5. The van der Waals surface area contributed by atoms with E-state index in [2.05, 4.69) is 11.0 Å². The Kier molecular flexibility index (Phi) is 7.40. The molecule has 1 heterocycles. The zero-order valence-electron chi connectivity index (χ0n) is 14.4. The normalized spacial score (nSPS) is 18.0. The van der Waals surface area contributed by atoms with Crippen LogP contribution in [-0.2, 0) is 16.0 Å². The van der Waals surface area contributed by atoms with Crippen molar-refractivity contribution in [3.8, 4) is 5.75 Å². The first kappa shape index (κ1) is 17.8. The summed E-state index contributed by atoms with van der Waals surface area (Å²) in [5, 5.41) is 0. The van der Waals surface area contributed by atoms with Crippen LogP contribution in [0.3, 0.4) is 0 Å². The Balaban J connectivity index is 1.78. The highest BCUT2D eigenvalue weighted by Gasteiger charge is 2.23. The van der Waals surface area contributed by atoms with Gasteiger partial charge in [-0.2, -0.15) is 0 Å². The van der Waals surface area contributed by atoms with Crippen LogP contribution in [-0.4, -0.2) is 44.7 Å². The van der Waals surface area contributed by atoms with Gasteiger partial charge in [-0.15, -0.1) is 0 Å². The van der Waals surface area contributed by atoms with Crippen molar-refractivity contribution in [3.63, 3.8) is 0 Å². The minimum Gasteiger partial charge on any atom is -0.497 e. The smallest absolute Gasteiger partial charge is 0.222 e. The Morgan fingerprint density at radius 3 is 3.00 bits per heavy atom. The number of benzene rings is 1. The number of hydrogen-bond acceptors (Lipinski definition) is 3. The molecule has 1 fully saturated rings. The first-order valence-electron chi connectivity index (χ1n) is 8.62. The van der Waals surface area contributed by atoms with Gasteiger partial charge in [0.25, 0.3) is 0 Å². The number of carbonyl (C=O) groups excluding carboxylic acids is 1. The van der Waals surface area contributed by atoms with Gasteiger partial charge in [0, 0.05) is 33.2 Å². The maximum absolute atomic E-state index is 12.5. The molecule has 1 saturated heterocycles. The summed E-state index contributed by atoms with van der Waals surface area (Å²) in [6, 6.07) is 7.97. The van der Waals surface area contributed by atoms with Gasteiger partial charge >= 0.3 is 0 Å². The van der Waals surface area contributed by atoms with Crippen molar-refractivity contribution in [2.24, 2.45) is 5.92 Å². The summed E-state index contributed by atoms with van der Waals surface area (Å²) >= 11 is 0. The highest BCUT2D eigenvalue weighted by molar-refractivity contribution is 5.76. The van der Waals surface area contributed by atoms with E-state index in [9.17, 15) is 4.79 Å². The fraction of sp³-hybridized carbons (Fsp3) is 0.632. The van der Waals surface area contributed by atoms with Crippen molar-refractivity contribution in [1.29, 1.82) is 0 Å². The van der Waals surface area contributed by atoms with Crippen LogP contribution in [0.15, 0.2) is 24.3 Å². The molecule has 128 valence electrons. The van der Waals surface area contributed by atoms with Gasteiger partial charge in [-0.05, 0) is 55.7 Å². The first-order chi connectivity index (χ1) is 11.2. The molecule has 0 unspecified atom stereocenters. The van der Waals surface area contributed by atoms with E-state index in [1.54, 1.807) is 14.2 Å². The predicted octanol–water partition coefficient (Wildman–Crippen LogP) is 3.29. The molecule has 23 heavy (non-hydrogen) atoms. The number of nitrogens with zero attached hydrogens (tertiary/aromatic N) is 1. The molecule has 0 radical (unpaired) electrons. The number of amides is 1. The standard InChI is InChI=1S/C19H29NO3/c1-22-13-5-8-17-7-4-12-20(15-17)19(21)11-10-16-6-3-9-18(14-16)23-2/h3,6,9,14,17H,4-5,7-8,10-13,15H2,1-2H3/t17-/m0/s1. The van der Waals surface area contributed by atoms with E-state index in [0.29, 0.717) is 12.3 Å². The van der Waals surface area contributed by atoms with Crippen molar-refractivity contribution >= 4 is 5.91 Å². The largest absolute Gasteiger partial charge is 0.497 e. The molecule has 0 bridgehead atoms. The number of likely N-dealkylation sites (tertiary alicyclic amines) is 1. The lowest BCUT2D eigenvalue weighted by atomic mass is 9.93. The van der Waals surface area contributed by atoms with Gasteiger partial charge in [0.05, 0.1) is 7.11 Å². The van der Waals surface area contributed by atoms with E-state index in [4.69, 9.17) is 9.47 Å². The second kappa shape index (κ2) is 9.56. The summed E-state index contributed by atoms with van der Waals surface area (Å²) < 4.78 is 10.4. The van der Waals surface area contributed by atoms with Crippen molar-refractivity contribution < 1.29 is 14.3 Å². The number of rotatable bonds is 8. The molecule has 1 aromatic rings. The second-order valence-electron chi connectivity index (χ2n) is 6.33. The molecule has 0 aromatic heterocycles. The minimum atomic E-state index is 0.282. The monoisotopic (exact) mass is 319 g/mol. The fourth-order valence-electron chi connectivity index (χ4n) is 3.28. The Bertz CT molecular complexity index is 489. The van der Waals surface area contributed by atoms with Crippen LogP contribution < -0.4 is 4.74 Å². The van der Waals surface area contributed by atoms with Crippen LogP contribution in [0.2, 0.25) is 0 Å². The quantitative estimate of drug-likeness (QED) is 0.690. The third-order valence-corrected chi connectivity index (χ3v) is 4.59. The van der Waals surface area contributed by atoms with Crippen LogP contribution in [0.4, 0.5) is 0 Å². The Morgan fingerprint density at radius 2 is 2.22 bits per heavy atom. The van der Waals surface area contributed by atoms with Crippen LogP contribution >= 0.6 is 0 Å². The van der Waals surface area contributed by atoms with Crippen molar-refractivity contribution in [3.05, 3.63) is 29.8 Å². The van der Waals surface area contributed by atoms with Gasteiger partial charge in [-0.25, -0.2) is 0 Å². The van der Waals surface area contributed by atoms with E-state index in [-0.39, 0.29) is 5.91 Å². The molecule has 1 atom stereocenters. The molecule has 1 aliphatic heterocycles. The van der Waals surface area contributed by atoms with Gasteiger partial charge in [-0.1, -0.05) is 12.1 Å². The molecule has 0 spiro atoms. The third-order valence-electron chi connectivity index (χ3n) is 4.59. The Labute approximate surface area is 139 Å². The molecule has 0 saturated carbocycles. The third kappa shape index (κ3) is 5.87. The van der Waals surface area contributed by atoms with Crippen LogP contribution in [0, 0.1) is 5.92 Å². The maximum atomic E-state index is 12.5. The summed E-state index contributed by atoms with van der Waals surface area (Å²) in [5.41, 5.74) is 1.16. The highest BCUT2D eigenvalue weighted by Crippen LogP contribution is 2.22. The van der Waals surface area contributed by atoms with Crippen LogP contribution in [0.5, 0.6) is 5.75 Å². The maximum Gasteiger partial charge on any atom is 0.222 e. The van der Waals surface area contributed by atoms with Crippen molar-refractivity contribution in [1.82, 2.24) is 4.90 Å². The van der Waals surface area contributed by atoms with E-state index < -0.39 is 0 Å². The zero-order chi connectivity index (χ0) is 16.5. The van der Waals surface area contributed by atoms with Crippen molar-refractivity contribution in [2.75, 3.05) is 33.9 Å². The summed E-state index contributed by atoms with van der Waals surface area (Å²) in [6.45, 7) is 2.65. The molecule has 1 aromatic carbocycles. The molecular formula is C19H29NO3. The fourth-order valence-corrected chi connectivity index (χ4v) is 3.28. The SMILES string of the molecule is COCCC[C@@H]1CCCN(C(=O)CCc2cccc(OC)c2)C1. The summed E-state index contributed by atoms with van der Waals surface area (Å²) in [6.07, 6.45) is 5.98. The summed E-state index contributed by atoms with van der Waals surface area (Å²) in [5.74, 6) is 1.77. The lowest BCUT2D eigenvalue weighted by Gasteiger charge is -2.33. The van der Waals surface area contributed by atoms with Gasteiger partial charge in [0.1, 0.15) is 5.75 Å². The highest BCUT2D eigenvalue weighted by atomic mass is 16.5. The lowest BCUT2D eigenvalue weighted by molar-refractivity contribution is -0.133. The average molecular weight is 319 g/mol. The van der Waals surface area contributed by atoms with E-state index >= 15 is 0 Å². The minimum absolute atomic E-state index is 0.282. The van der Waals surface area contributed by atoms with Crippen LogP contribution in [0.25, 0.3) is 0 Å². The topological polar surface area (TPSA) is 38.8 Å². The van der Waals surface area contributed by atoms with E-state index in [1.807, 2.05) is 18.2 Å². The molecular weight excluding hydrogens is 290 g/mol. The lowest BCUT2D eigenvalue weighted by Crippen LogP contribution is -2.40. The van der Waals surface area contributed by atoms with Gasteiger partial charge in [-0.3, -0.25) is 4.79 Å². The Morgan fingerprint density at radius 1 is 1.35 bits per heavy atom. The molecule has 4 heteroatoms. The van der Waals surface area contributed by atoms with Gasteiger partial charge in [0.15, 0.2) is 0 Å². The van der Waals surface area contributed by atoms with E-state index in [1.165, 1.54) is 6.42 Å². The molecule has 1 aliphatic rings. The zero-order valence-corrected chi connectivity index (χ0v) is 14.4. The number of ether oxygens (including phenoxy) is 2. The first-order valence-corrected chi connectivity index (χ1v) is 8.62. The van der Waals surface area contributed by atoms with E-state index in [0.717, 1.165) is 56.7 Å². The summed E-state index contributed by atoms with van der Waals surface area (Å²) in [7, 11) is 3.41. The number of aryl methyl sites for hydroxylation is 1. The Hall–Kier alpha value is -1.55. The number of methoxy groups -OCH3 is 2. The number of piperidine rings is 1. The molecule has 0 N–H and O–H groups in total. The molecule has 1 amide bonds. The molecule has 2 rings (SSSR count). The average Bonchev–Trinajstić information content (AvgIpc) is 2.60. The van der Waals surface area contributed by atoms with Crippen molar-refractivity contribution in [2.45, 2.75) is 38.5 Å². The van der Waals surface area contributed by atoms with Crippen LogP contribution in [0.1, 0.15) is 37.7 Å². The second-order valence-corrected chi connectivity index (χ2v) is 6.33. The predicted molar refractivity (Wildman–Crippen MR) is 91.7 cm³/mol. The number of hydrogen-bond donors (Lipinski definition) is 0. The molecule has 0 aliphatic carbocycles. The van der Waals surface area contributed by atoms with Gasteiger partial charge in [0.2, 0.25) is 5.91 Å². The molecule has 4 nitrogen and oxygen atoms in total. The van der Waals surface area contributed by atoms with Gasteiger partial charge < -0.3 is 14.4 Å².